The number of benzene rings is 2. The van der Waals surface area contributed by atoms with Gasteiger partial charge < -0.3 is 5.73 Å². The van der Waals surface area contributed by atoms with Crippen molar-refractivity contribution in [2.75, 3.05) is 5.73 Å². The van der Waals surface area contributed by atoms with Crippen LogP contribution in [-0.2, 0) is 0 Å². The minimum atomic E-state index is 0.534. The summed E-state index contributed by atoms with van der Waals surface area (Å²) < 4.78 is 0. The Balaban J connectivity index is 1.85. The van der Waals surface area contributed by atoms with Crippen LogP contribution in [0.3, 0.4) is 0 Å². The summed E-state index contributed by atoms with van der Waals surface area (Å²) >= 11 is 5.93. The molecule has 0 saturated heterocycles. The Hall–Kier alpha value is -2.35. The van der Waals surface area contributed by atoms with E-state index in [2.05, 4.69) is 23.7 Å². The minimum absolute atomic E-state index is 0.534. The van der Waals surface area contributed by atoms with Crippen LogP contribution in [0.5, 0.6) is 0 Å². The molecule has 0 aliphatic heterocycles. The number of hydrogen-bond acceptors (Lipinski definition) is 1. The number of nitrogen functional groups attached to an aromatic ring is 1. The molecule has 0 aromatic heterocycles. The van der Waals surface area contributed by atoms with Gasteiger partial charge in [0, 0.05) is 33.3 Å². The molecule has 3 rings (SSSR count). The first-order chi connectivity index (χ1) is 11.7. The summed E-state index contributed by atoms with van der Waals surface area (Å²) in [5.41, 5.74) is 9.28. The van der Waals surface area contributed by atoms with Gasteiger partial charge in [-0.1, -0.05) is 66.7 Å². The molecule has 2 N–H and O–H groups in total. The highest BCUT2D eigenvalue weighted by atomic mass is 35.5. The third kappa shape index (κ3) is 4.35. The molecule has 1 saturated carbocycles. The SMILES string of the molecule is Nc1cc(Cl)ccc1C#Cc1ccccc1C#CC1CCCCC1. The van der Waals surface area contributed by atoms with Crippen molar-refractivity contribution < 1.29 is 0 Å². The van der Waals surface area contributed by atoms with Crippen LogP contribution in [0.15, 0.2) is 42.5 Å². The van der Waals surface area contributed by atoms with Gasteiger partial charge in [-0.25, -0.2) is 0 Å². The van der Waals surface area contributed by atoms with Crippen molar-refractivity contribution in [2.45, 2.75) is 32.1 Å². The van der Waals surface area contributed by atoms with Crippen molar-refractivity contribution >= 4 is 17.3 Å². The first-order valence-electron chi connectivity index (χ1n) is 8.40. The highest BCUT2D eigenvalue weighted by Crippen LogP contribution is 2.23. The zero-order valence-electron chi connectivity index (χ0n) is 13.6. The molecule has 0 atom stereocenters. The van der Waals surface area contributed by atoms with Crippen molar-refractivity contribution in [2.24, 2.45) is 5.92 Å². The van der Waals surface area contributed by atoms with E-state index >= 15 is 0 Å². The zero-order valence-corrected chi connectivity index (χ0v) is 14.4. The van der Waals surface area contributed by atoms with Crippen LogP contribution < -0.4 is 5.73 Å². The Labute approximate surface area is 149 Å². The van der Waals surface area contributed by atoms with Crippen molar-refractivity contribution in [3.63, 3.8) is 0 Å². The van der Waals surface area contributed by atoms with Crippen LogP contribution in [0.1, 0.15) is 48.8 Å². The molecule has 0 heterocycles. The van der Waals surface area contributed by atoms with Crippen LogP contribution in [0.25, 0.3) is 0 Å². The lowest BCUT2D eigenvalue weighted by Gasteiger charge is -2.15. The van der Waals surface area contributed by atoms with Crippen LogP contribution in [-0.4, -0.2) is 0 Å². The first kappa shape index (κ1) is 16.5. The molecule has 1 aliphatic carbocycles. The van der Waals surface area contributed by atoms with Crippen molar-refractivity contribution in [1.82, 2.24) is 0 Å². The van der Waals surface area contributed by atoms with Gasteiger partial charge in [0.25, 0.3) is 0 Å². The van der Waals surface area contributed by atoms with Crippen LogP contribution in [0, 0.1) is 29.6 Å². The molecule has 2 aromatic rings. The minimum Gasteiger partial charge on any atom is -0.398 e. The summed E-state index contributed by atoms with van der Waals surface area (Å²) in [6.07, 6.45) is 6.40. The summed E-state index contributed by atoms with van der Waals surface area (Å²) in [4.78, 5) is 0. The number of halogens is 1. The molecule has 0 unspecified atom stereocenters. The van der Waals surface area contributed by atoms with Gasteiger partial charge in [-0.15, -0.1) is 0 Å². The Morgan fingerprint density at radius 1 is 0.833 bits per heavy atom. The highest BCUT2D eigenvalue weighted by molar-refractivity contribution is 6.30. The fraction of sp³-hybridized carbons (Fsp3) is 0.273. The number of hydrogen-bond donors (Lipinski definition) is 1. The van der Waals surface area contributed by atoms with E-state index in [0.717, 1.165) is 16.7 Å². The van der Waals surface area contributed by atoms with Gasteiger partial charge in [-0.2, -0.15) is 0 Å². The molecule has 0 bridgehead atoms. The summed E-state index contributed by atoms with van der Waals surface area (Å²) in [6, 6.07) is 13.4. The number of nitrogens with two attached hydrogens (primary N) is 1. The van der Waals surface area contributed by atoms with E-state index in [-0.39, 0.29) is 0 Å². The molecule has 0 spiro atoms. The lowest BCUT2D eigenvalue weighted by molar-refractivity contribution is 0.430. The summed E-state index contributed by atoms with van der Waals surface area (Å²) in [6.45, 7) is 0. The van der Waals surface area contributed by atoms with E-state index < -0.39 is 0 Å². The average Bonchev–Trinajstić information content (AvgIpc) is 2.61. The fourth-order valence-electron chi connectivity index (χ4n) is 2.91. The number of anilines is 1. The molecule has 120 valence electrons. The molecule has 0 radical (unpaired) electrons. The maximum atomic E-state index is 5.96. The molecule has 1 nitrogen and oxygen atoms in total. The third-order valence-corrected chi connectivity index (χ3v) is 4.52. The van der Waals surface area contributed by atoms with Crippen molar-refractivity contribution in [3.8, 4) is 23.7 Å². The van der Waals surface area contributed by atoms with Gasteiger partial charge in [0.2, 0.25) is 0 Å². The second-order valence-corrected chi connectivity index (χ2v) is 6.57. The Morgan fingerprint density at radius 3 is 2.21 bits per heavy atom. The predicted octanol–water partition coefficient (Wildman–Crippen LogP) is 5.25. The van der Waals surface area contributed by atoms with Crippen molar-refractivity contribution in [1.29, 1.82) is 0 Å². The maximum absolute atomic E-state index is 5.96. The van der Waals surface area contributed by atoms with Gasteiger partial charge in [0.05, 0.1) is 0 Å². The molecule has 0 amide bonds. The smallest absolute Gasteiger partial charge is 0.0488 e. The topological polar surface area (TPSA) is 26.0 Å². The molecule has 1 aliphatic rings. The Morgan fingerprint density at radius 2 is 1.50 bits per heavy atom. The van der Waals surface area contributed by atoms with E-state index in [1.807, 2.05) is 30.3 Å². The lowest BCUT2D eigenvalue weighted by Crippen LogP contribution is -2.03. The first-order valence-corrected chi connectivity index (χ1v) is 8.78. The van der Waals surface area contributed by atoms with E-state index in [1.165, 1.54) is 32.1 Å². The van der Waals surface area contributed by atoms with Gasteiger partial charge in [0.1, 0.15) is 0 Å². The van der Waals surface area contributed by atoms with Crippen LogP contribution in [0.4, 0.5) is 5.69 Å². The largest absolute Gasteiger partial charge is 0.398 e. The van der Waals surface area contributed by atoms with Gasteiger partial charge in [0.15, 0.2) is 0 Å². The third-order valence-electron chi connectivity index (χ3n) is 4.29. The summed E-state index contributed by atoms with van der Waals surface area (Å²) in [5, 5.41) is 0.622. The molecule has 2 aromatic carbocycles. The summed E-state index contributed by atoms with van der Waals surface area (Å²) in [5.74, 6) is 13.6. The molecular weight excluding hydrogens is 314 g/mol. The Kier molecular flexibility index (Phi) is 5.47. The normalized spacial score (nSPS) is 14.2. The average molecular weight is 334 g/mol. The predicted molar refractivity (Wildman–Crippen MR) is 102 cm³/mol. The number of rotatable bonds is 0. The second-order valence-electron chi connectivity index (χ2n) is 6.13. The quantitative estimate of drug-likeness (QED) is 0.517. The van der Waals surface area contributed by atoms with Crippen LogP contribution >= 0.6 is 11.6 Å². The van der Waals surface area contributed by atoms with E-state index in [4.69, 9.17) is 17.3 Å². The lowest BCUT2D eigenvalue weighted by atomic mass is 9.89. The molecular formula is C22H20ClN. The van der Waals surface area contributed by atoms with Gasteiger partial charge >= 0.3 is 0 Å². The summed E-state index contributed by atoms with van der Waals surface area (Å²) in [7, 11) is 0. The van der Waals surface area contributed by atoms with Crippen LogP contribution in [0.2, 0.25) is 5.02 Å². The van der Waals surface area contributed by atoms with E-state index in [9.17, 15) is 0 Å². The molecule has 24 heavy (non-hydrogen) atoms. The van der Waals surface area contributed by atoms with E-state index in [1.54, 1.807) is 12.1 Å². The molecule has 1 fully saturated rings. The Bertz CT molecular complexity index is 839. The van der Waals surface area contributed by atoms with Crippen molar-refractivity contribution in [3.05, 3.63) is 64.2 Å². The monoisotopic (exact) mass is 333 g/mol. The highest BCUT2D eigenvalue weighted by Gasteiger charge is 2.10. The standard InChI is InChI=1S/C22H20ClN/c23-21-15-14-20(22(24)16-21)13-12-19-9-5-4-8-18(19)11-10-17-6-2-1-3-7-17/h4-5,8-9,14-17H,1-3,6-7,24H2. The van der Waals surface area contributed by atoms with Gasteiger partial charge in [-0.3, -0.25) is 0 Å². The zero-order chi connectivity index (χ0) is 16.8. The fourth-order valence-corrected chi connectivity index (χ4v) is 3.09. The van der Waals surface area contributed by atoms with E-state index in [0.29, 0.717) is 16.6 Å². The molecule has 2 heteroatoms. The van der Waals surface area contributed by atoms with Gasteiger partial charge in [-0.05, 0) is 43.2 Å². The second kappa shape index (κ2) is 7.96. The maximum Gasteiger partial charge on any atom is 0.0488 e.